The van der Waals surface area contributed by atoms with Crippen molar-refractivity contribution in [2.75, 3.05) is 11.4 Å². The van der Waals surface area contributed by atoms with E-state index in [9.17, 15) is 10.1 Å². The van der Waals surface area contributed by atoms with Gasteiger partial charge < -0.3 is 4.90 Å². The first-order valence-electron chi connectivity index (χ1n) is 5.63. The van der Waals surface area contributed by atoms with Gasteiger partial charge in [-0.2, -0.15) is 0 Å². The Balaban J connectivity index is 1.88. The molecule has 0 radical (unpaired) electrons. The van der Waals surface area contributed by atoms with Gasteiger partial charge in [0.1, 0.15) is 0 Å². The summed E-state index contributed by atoms with van der Waals surface area (Å²) in [6.45, 7) is 3.37. The fourth-order valence-corrected chi connectivity index (χ4v) is 2.90. The van der Waals surface area contributed by atoms with E-state index in [0.29, 0.717) is 5.54 Å². The molecule has 4 nitrogen and oxygen atoms in total. The van der Waals surface area contributed by atoms with Crippen molar-refractivity contribution in [1.29, 1.82) is 0 Å². The van der Waals surface area contributed by atoms with E-state index < -0.39 is 0 Å². The number of piperidine rings is 1. The van der Waals surface area contributed by atoms with Gasteiger partial charge in [-0.25, -0.2) is 0 Å². The molecule has 0 unspecified atom stereocenters. The molecule has 0 amide bonds. The average molecular weight is 218 g/mol. The molecule has 1 aliphatic carbocycles. The Kier molecular flexibility index (Phi) is 1.79. The summed E-state index contributed by atoms with van der Waals surface area (Å²) in [6.07, 6.45) is 2.53. The summed E-state index contributed by atoms with van der Waals surface area (Å²) in [5.41, 5.74) is 1.62. The van der Waals surface area contributed by atoms with Gasteiger partial charge in [-0.15, -0.1) is 0 Å². The maximum absolute atomic E-state index is 10.6. The van der Waals surface area contributed by atoms with E-state index in [1.54, 1.807) is 12.1 Å². The number of fused-ring (bicyclic) bond motifs is 1. The van der Waals surface area contributed by atoms with Crippen molar-refractivity contribution in [1.82, 2.24) is 0 Å². The molecule has 2 aliphatic rings. The number of hydrogen-bond acceptors (Lipinski definition) is 3. The van der Waals surface area contributed by atoms with Crippen LogP contribution in [0.4, 0.5) is 11.4 Å². The van der Waals surface area contributed by atoms with Crippen molar-refractivity contribution >= 4 is 11.4 Å². The van der Waals surface area contributed by atoms with E-state index in [0.717, 1.165) is 18.2 Å². The lowest BCUT2D eigenvalue weighted by atomic mass is 10.2. The predicted octanol–water partition coefficient (Wildman–Crippen LogP) is 2.58. The second-order valence-electron chi connectivity index (χ2n) is 4.97. The van der Waals surface area contributed by atoms with Crippen molar-refractivity contribution < 1.29 is 4.92 Å². The van der Waals surface area contributed by atoms with Gasteiger partial charge in [0.05, 0.1) is 4.92 Å². The topological polar surface area (TPSA) is 46.4 Å². The van der Waals surface area contributed by atoms with Crippen molar-refractivity contribution in [3.8, 4) is 0 Å². The zero-order valence-electron chi connectivity index (χ0n) is 9.22. The van der Waals surface area contributed by atoms with E-state index >= 15 is 0 Å². The third kappa shape index (κ3) is 1.22. The van der Waals surface area contributed by atoms with E-state index in [-0.39, 0.29) is 10.6 Å². The summed E-state index contributed by atoms with van der Waals surface area (Å²) in [5, 5.41) is 10.6. The van der Waals surface area contributed by atoms with E-state index in [2.05, 4.69) is 11.8 Å². The second kappa shape index (κ2) is 2.97. The van der Waals surface area contributed by atoms with Gasteiger partial charge in [0.15, 0.2) is 0 Å². The van der Waals surface area contributed by atoms with Crippen molar-refractivity contribution in [2.24, 2.45) is 5.92 Å². The third-order valence-electron chi connectivity index (χ3n) is 4.07. The number of rotatable bonds is 2. The summed E-state index contributed by atoms with van der Waals surface area (Å²) in [7, 11) is 0. The smallest absolute Gasteiger partial charge is 0.269 e. The van der Waals surface area contributed by atoms with Gasteiger partial charge >= 0.3 is 0 Å². The molecule has 1 saturated carbocycles. The number of benzene rings is 1. The van der Waals surface area contributed by atoms with Crippen LogP contribution in [0.2, 0.25) is 0 Å². The number of nitro benzene ring substituents is 1. The molecule has 1 aliphatic heterocycles. The molecular formula is C12H14N2O2. The number of hydrogen-bond donors (Lipinski definition) is 0. The predicted molar refractivity (Wildman–Crippen MR) is 61.6 cm³/mol. The maximum atomic E-state index is 10.6. The largest absolute Gasteiger partial charge is 0.366 e. The standard InChI is InChI=1S/C12H14N2O2/c1-12-8-9(12)6-7-13(12)10-2-4-11(5-3-10)14(15)16/h2-5,9H,6-8H2,1H3/t9-,12+/m0/s1. The first-order chi connectivity index (χ1) is 7.61. The van der Waals surface area contributed by atoms with Gasteiger partial charge in [-0.3, -0.25) is 10.1 Å². The van der Waals surface area contributed by atoms with Gasteiger partial charge in [-0.1, -0.05) is 0 Å². The Bertz CT molecular complexity index is 441. The number of nitro groups is 1. The summed E-state index contributed by atoms with van der Waals surface area (Å²) in [5.74, 6) is 0.836. The van der Waals surface area contributed by atoms with Crippen LogP contribution in [0, 0.1) is 16.0 Å². The van der Waals surface area contributed by atoms with Gasteiger partial charge in [0, 0.05) is 29.9 Å². The maximum Gasteiger partial charge on any atom is 0.269 e. The number of non-ortho nitro benzene ring substituents is 1. The van der Waals surface area contributed by atoms with Crippen LogP contribution in [0.1, 0.15) is 19.8 Å². The molecule has 0 spiro atoms. The Morgan fingerprint density at radius 2 is 2.12 bits per heavy atom. The van der Waals surface area contributed by atoms with Crippen LogP contribution >= 0.6 is 0 Å². The monoisotopic (exact) mass is 218 g/mol. The summed E-state index contributed by atoms with van der Waals surface area (Å²) < 4.78 is 0. The van der Waals surface area contributed by atoms with Gasteiger partial charge in [0.2, 0.25) is 0 Å². The lowest BCUT2D eigenvalue weighted by molar-refractivity contribution is -0.384. The first kappa shape index (κ1) is 9.63. The highest BCUT2D eigenvalue weighted by molar-refractivity contribution is 5.56. The molecule has 2 fully saturated rings. The van der Waals surface area contributed by atoms with Crippen LogP contribution in [0.25, 0.3) is 0 Å². The zero-order chi connectivity index (χ0) is 11.3. The number of nitrogens with zero attached hydrogens (tertiary/aromatic N) is 2. The zero-order valence-corrected chi connectivity index (χ0v) is 9.22. The normalized spacial score (nSPS) is 31.3. The Morgan fingerprint density at radius 1 is 1.44 bits per heavy atom. The van der Waals surface area contributed by atoms with Crippen molar-refractivity contribution in [3.63, 3.8) is 0 Å². The van der Waals surface area contributed by atoms with Crippen LogP contribution in [0.3, 0.4) is 0 Å². The lowest BCUT2D eigenvalue weighted by Gasteiger charge is -2.27. The Morgan fingerprint density at radius 3 is 2.56 bits per heavy atom. The van der Waals surface area contributed by atoms with Crippen molar-refractivity contribution in [3.05, 3.63) is 34.4 Å². The fraction of sp³-hybridized carbons (Fsp3) is 0.500. The van der Waals surface area contributed by atoms with Crippen molar-refractivity contribution in [2.45, 2.75) is 25.3 Å². The molecule has 1 aromatic rings. The molecule has 84 valence electrons. The van der Waals surface area contributed by atoms with Gasteiger partial charge in [0.25, 0.3) is 5.69 Å². The molecule has 1 saturated heterocycles. The minimum absolute atomic E-state index is 0.167. The molecule has 0 N–H and O–H groups in total. The molecule has 1 aromatic carbocycles. The van der Waals surface area contributed by atoms with Gasteiger partial charge in [-0.05, 0) is 37.8 Å². The van der Waals surface area contributed by atoms with Crippen LogP contribution < -0.4 is 4.90 Å². The highest BCUT2D eigenvalue weighted by atomic mass is 16.6. The van der Waals surface area contributed by atoms with Crippen LogP contribution in [0.5, 0.6) is 0 Å². The average Bonchev–Trinajstić information content (AvgIpc) is 2.82. The molecule has 3 rings (SSSR count). The van der Waals surface area contributed by atoms with E-state index in [1.165, 1.54) is 12.8 Å². The Hall–Kier alpha value is -1.58. The molecule has 2 atom stereocenters. The summed E-state index contributed by atoms with van der Waals surface area (Å²) in [6, 6.07) is 6.91. The quantitative estimate of drug-likeness (QED) is 0.566. The highest BCUT2D eigenvalue weighted by Gasteiger charge is 2.58. The highest BCUT2D eigenvalue weighted by Crippen LogP contribution is 2.56. The minimum atomic E-state index is -0.352. The molecule has 1 heterocycles. The third-order valence-corrected chi connectivity index (χ3v) is 4.07. The van der Waals surface area contributed by atoms with Crippen LogP contribution in [0.15, 0.2) is 24.3 Å². The molecule has 16 heavy (non-hydrogen) atoms. The summed E-state index contributed by atoms with van der Waals surface area (Å²) >= 11 is 0. The molecule has 4 heteroatoms. The summed E-state index contributed by atoms with van der Waals surface area (Å²) in [4.78, 5) is 12.6. The molecule has 0 bridgehead atoms. The van der Waals surface area contributed by atoms with E-state index in [4.69, 9.17) is 0 Å². The lowest BCUT2D eigenvalue weighted by Crippen LogP contribution is -2.31. The second-order valence-corrected chi connectivity index (χ2v) is 4.97. The minimum Gasteiger partial charge on any atom is -0.366 e. The Labute approximate surface area is 94.0 Å². The van der Waals surface area contributed by atoms with Crippen LogP contribution in [-0.4, -0.2) is 17.0 Å². The SMILES string of the molecule is C[C@@]12C[C@@H]1CCN2c1ccc([N+](=O)[O-])cc1. The molecule has 0 aromatic heterocycles. The first-order valence-corrected chi connectivity index (χ1v) is 5.63. The fourth-order valence-electron chi connectivity index (χ4n) is 2.90. The van der Waals surface area contributed by atoms with E-state index in [1.807, 2.05) is 12.1 Å². The van der Waals surface area contributed by atoms with Crippen LogP contribution in [-0.2, 0) is 0 Å². The molecular weight excluding hydrogens is 204 g/mol. The number of anilines is 1.